The van der Waals surface area contributed by atoms with E-state index in [9.17, 15) is 0 Å². The molecule has 18 heavy (non-hydrogen) atoms. The van der Waals surface area contributed by atoms with Gasteiger partial charge in [-0.1, -0.05) is 82.7 Å². The third-order valence-electron chi connectivity index (χ3n) is 4.87. The van der Waals surface area contributed by atoms with Crippen LogP contribution in [0.3, 0.4) is 0 Å². The normalized spacial score (nSPS) is 19.9. The Morgan fingerprint density at radius 2 is 1.78 bits per heavy atom. The van der Waals surface area contributed by atoms with Crippen molar-refractivity contribution in [2.75, 3.05) is 0 Å². The second kappa shape index (κ2) is 6.97. The fraction of sp³-hybridized carbons (Fsp3) is 0.667. The first-order chi connectivity index (χ1) is 8.83. The van der Waals surface area contributed by atoms with Gasteiger partial charge in [0, 0.05) is 0 Å². The number of rotatable bonds is 6. The van der Waals surface area contributed by atoms with Crippen LogP contribution in [-0.4, -0.2) is 0 Å². The monoisotopic (exact) mass is 244 g/mol. The summed E-state index contributed by atoms with van der Waals surface area (Å²) in [6, 6.07) is 11.2. The van der Waals surface area contributed by atoms with Gasteiger partial charge in [-0.3, -0.25) is 0 Å². The van der Waals surface area contributed by atoms with Gasteiger partial charge in [0.15, 0.2) is 0 Å². The summed E-state index contributed by atoms with van der Waals surface area (Å²) in [6.07, 6.45) is 9.93. The number of hydrogen-bond donors (Lipinski definition) is 0. The maximum absolute atomic E-state index is 2.50. The van der Waals surface area contributed by atoms with Gasteiger partial charge < -0.3 is 0 Å². The minimum Gasteiger partial charge on any atom is -0.0654 e. The molecule has 2 rings (SSSR count). The fourth-order valence-electron chi connectivity index (χ4n) is 3.67. The SMILES string of the molecule is CCCCC(c1ccccc1)[C@@H](C)C1CCCC1. The molecular formula is C18H28. The van der Waals surface area contributed by atoms with Gasteiger partial charge >= 0.3 is 0 Å². The predicted molar refractivity (Wildman–Crippen MR) is 79.8 cm³/mol. The molecule has 1 unspecified atom stereocenters. The lowest BCUT2D eigenvalue weighted by Crippen LogP contribution is -2.17. The zero-order valence-electron chi connectivity index (χ0n) is 12.1. The highest BCUT2D eigenvalue weighted by molar-refractivity contribution is 5.20. The summed E-state index contributed by atoms with van der Waals surface area (Å²) in [5.74, 6) is 2.63. The van der Waals surface area contributed by atoms with Crippen LogP contribution in [-0.2, 0) is 0 Å². The molecule has 1 aromatic carbocycles. The summed E-state index contributed by atoms with van der Waals surface area (Å²) in [6.45, 7) is 4.81. The van der Waals surface area contributed by atoms with Crippen LogP contribution in [0.4, 0.5) is 0 Å². The largest absolute Gasteiger partial charge is 0.0654 e. The zero-order valence-corrected chi connectivity index (χ0v) is 12.1. The number of hydrogen-bond acceptors (Lipinski definition) is 0. The maximum Gasteiger partial charge on any atom is -0.0134 e. The van der Waals surface area contributed by atoms with E-state index in [-0.39, 0.29) is 0 Å². The lowest BCUT2D eigenvalue weighted by molar-refractivity contribution is 0.294. The summed E-state index contributed by atoms with van der Waals surface area (Å²) >= 11 is 0. The van der Waals surface area contributed by atoms with Crippen molar-refractivity contribution in [3.05, 3.63) is 35.9 Å². The van der Waals surface area contributed by atoms with Crippen molar-refractivity contribution < 1.29 is 0 Å². The molecule has 1 aromatic rings. The van der Waals surface area contributed by atoms with Crippen molar-refractivity contribution in [3.63, 3.8) is 0 Å². The van der Waals surface area contributed by atoms with Gasteiger partial charge in [-0.05, 0) is 29.7 Å². The van der Waals surface area contributed by atoms with Crippen LogP contribution in [0.5, 0.6) is 0 Å². The first-order valence-corrected chi connectivity index (χ1v) is 7.88. The molecule has 0 bridgehead atoms. The highest BCUT2D eigenvalue weighted by Gasteiger charge is 2.28. The van der Waals surface area contributed by atoms with E-state index >= 15 is 0 Å². The molecule has 1 aliphatic rings. The van der Waals surface area contributed by atoms with Crippen molar-refractivity contribution in [1.82, 2.24) is 0 Å². The van der Waals surface area contributed by atoms with Gasteiger partial charge in [-0.2, -0.15) is 0 Å². The Bertz CT molecular complexity index is 321. The van der Waals surface area contributed by atoms with Crippen LogP contribution in [0.2, 0.25) is 0 Å². The average Bonchev–Trinajstić information content (AvgIpc) is 2.94. The van der Waals surface area contributed by atoms with Gasteiger partial charge in [0.25, 0.3) is 0 Å². The number of benzene rings is 1. The molecule has 0 heterocycles. The minimum absolute atomic E-state index is 0.786. The summed E-state index contributed by atoms with van der Waals surface area (Å²) in [5.41, 5.74) is 1.57. The summed E-state index contributed by atoms with van der Waals surface area (Å²) < 4.78 is 0. The van der Waals surface area contributed by atoms with E-state index in [0.717, 1.165) is 17.8 Å². The first-order valence-electron chi connectivity index (χ1n) is 7.88. The molecule has 1 saturated carbocycles. The van der Waals surface area contributed by atoms with Crippen molar-refractivity contribution in [2.45, 2.75) is 64.7 Å². The molecule has 0 spiro atoms. The van der Waals surface area contributed by atoms with Gasteiger partial charge in [0.05, 0.1) is 0 Å². The van der Waals surface area contributed by atoms with Crippen LogP contribution >= 0.6 is 0 Å². The van der Waals surface area contributed by atoms with Crippen LogP contribution in [0.15, 0.2) is 30.3 Å². The fourth-order valence-corrected chi connectivity index (χ4v) is 3.67. The molecule has 0 amide bonds. The van der Waals surface area contributed by atoms with E-state index in [1.54, 1.807) is 5.56 Å². The average molecular weight is 244 g/mol. The van der Waals surface area contributed by atoms with E-state index in [2.05, 4.69) is 44.2 Å². The zero-order chi connectivity index (χ0) is 12.8. The molecule has 0 heteroatoms. The van der Waals surface area contributed by atoms with Crippen LogP contribution in [0.25, 0.3) is 0 Å². The molecule has 0 nitrogen and oxygen atoms in total. The molecule has 0 aromatic heterocycles. The molecule has 1 aliphatic carbocycles. The molecule has 1 fully saturated rings. The third-order valence-corrected chi connectivity index (χ3v) is 4.87. The quantitative estimate of drug-likeness (QED) is 0.594. The van der Waals surface area contributed by atoms with Crippen LogP contribution < -0.4 is 0 Å². The van der Waals surface area contributed by atoms with Crippen LogP contribution in [0, 0.1) is 11.8 Å². The Balaban J connectivity index is 2.08. The van der Waals surface area contributed by atoms with E-state index in [4.69, 9.17) is 0 Å². The molecular weight excluding hydrogens is 216 g/mol. The van der Waals surface area contributed by atoms with Gasteiger partial charge in [-0.15, -0.1) is 0 Å². The summed E-state index contributed by atoms with van der Waals surface area (Å²) in [7, 11) is 0. The van der Waals surface area contributed by atoms with Crippen molar-refractivity contribution in [3.8, 4) is 0 Å². The Hall–Kier alpha value is -0.780. The second-order valence-corrected chi connectivity index (χ2v) is 6.06. The van der Waals surface area contributed by atoms with E-state index < -0.39 is 0 Å². The molecule has 0 N–H and O–H groups in total. The van der Waals surface area contributed by atoms with Gasteiger partial charge in [0.2, 0.25) is 0 Å². The van der Waals surface area contributed by atoms with Crippen molar-refractivity contribution in [2.24, 2.45) is 11.8 Å². The second-order valence-electron chi connectivity index (χ2n) is 6.06. The van der Waals surface area contributed by atoms with Crippen molar-refractivity contribution in [1.29, 1.82) is 0 Å². The predicted octanol–water partition coefficient (Wildman–Crippen LogP) is 5.79. The third kappa shape index (κ3) is 3.37. The van der Waals surface area contributed by atoms with E-state index in [0.29, 0.717) is 0 Å². The van der Waals surface area contributed by atoms with Gasteiger partial charge in [0.1, 0.15) is 0 Å². The molecule has 0 saturated heterocycles. The Kier molecular flexibility index (Phi) is 5.28. The van der Waals surface area contributed by atoms with Crippen molar-refractivity contribution >= 4 is 0 Å². The number of unbranched alkanes of at least 4 members (excludes halogenated alkanes) is 1. The Morgan fingerprint density at radius 1 is 1.11 bits per heavy atom. The summed E-state index contributed by atoms with van der Waals surface area (Å²) in [4.78, 5) is 0. The Labute approximate surface area is 113 Å². The smallest absolute Gasteiger partial charge is 0.0134 e. The highest BCUT2D eigenvalue weighted by Crippen LogP contribution is 2.41. The minimum atomic E-state index is 0.786. The lowest BCUT2D eigenvalue weighted by atomic mass is 9.76. The molecule has 0 aliphatic heterocycles. The highest BCUT2D eigenvalue weighted by atomic mass is 14.3. The Morgan fingerprint density at radius 3 is 2.39 bits per heavy atom. The molecule has 2 atom stereocenters. The first kappa shape index (κ1) is 13.6. The standard InChI is InChI=1S/C18H28/c1-3-4-14-18(17-12-6-5-7-13-17)15(2)16-10-8-9-11-16/h5-7,12-13,15-16,18H,3-4,8-11,14H2,1-2H3/t15-,18?/m0/s1. The molecule has 0 radical (unpaired) electrons. The lowest BCUT2D eigenvalue weighted by Gasteiger charge is -2.29. The summed E-state index contributed by atoms with van der Waals surface area (Å²) in [5, 5.41) is 0. The van der Waals surface area contributed by atoms with E-state index in [1.165, 1.54) is 44.9 Å². The van der Waals surface area contributed by atoms with Crippen LogP contribution in [0.1, 0.15) is 70.3 Å². The van der Waals surface area contributed by atoms with Gasteiger partial charge in [-0.25, -0.2) is 0 Å². The van der Waals surface area contributed by atoms with E-state index in [1.807, 2.05) is 0 Å². The molecule has 100 valence electrons. The maximum atomic E-state index is 2.50. The topological polar surface area (TPSA) is 0 Å².